The number of unbranched alkanes of at least 4 members (excludes halogenated alkanes) is 1. The molecule has 0 unspecified atom stereocenters. The number of carboxylic acid groups (broad SMARTS) is 1. The number of nitrogens with zero attached hydrogens (tertiary/aromatic N) is 1. The number of carboxylic acids is 1. The summed E-state index contributed by atoms with van der Waals surface area (Å²) in [5, 5.41) is 8.97. The molecule has 0 amide bonds. The molecule has 0 saturated carbocycles. The van der Waals surface area contributed by atoms with Gasteiger partial charge >= 0.3 is 5.97 Å². The summed E-state index contributed by atoms with van der Waals surface area (Å²) in [4.78, 5) is 13.3. The SMILES string of the molecule is CCN(CCCCC(C)(C)C(=O)O)C(C)C. The Bertz CT molecular complexity index is 212. The third-order valence-electron chi connectivity index (χ3n) is 3.21. The van der Waals surface area contributed by atoms with Crippen LogP contribution in [0.3, 0.4) is 0 Å². The smallest absolute Gasteiger partial charge is 0.309 e. The Morgan fingerprint density at radius 2 is 1.88 bits per heavy atom. The maximum atomic E-state index is 10.9. The Balaban J connectivity index is 3.79. The molecule has 0 aliphatic heterocycles. The highest BCUT2D eigenvalue weighted by atomic mass is 16.4. The van der Waals surface area contributed by atoms with Crippen molar-refractivity contribution >= 4 is 5.97 Å². The lowest BCUT2D eigenvalue weighted by Gasteiger charge is -2.25. The van der Waals surface area contributed by atoms with Crippen molar-refractivity contribution in [3.63, 3.8) is 0 Å². The van der Waals surface area contributed by atoms with Gasteiger partial charge in [0.2, 0.25) is 0 Å². The van der Waals surface area contributed by atoms with Gasteiger partial charge in [-0.05, 0) is 53.6 Å². The molecule has 0 radical (unpaired) electrons. The fourth-order valence-electron chi connectivity index (χ4n) is 1.77. The van der Waals surface area contributed by atoms with Crippen LogP contribution in [-0.2, 0) is 4.79 Å². The van der Waals surface area contributed by atoms with Gasteiger partial charge in [-0.25, -0.2) is 0 Å². The quantitative estimate of drug-likeness (QED) is 0.650. The molecule has 1 N–H and O–H groups in total. The lowest BCUT2D eigenvalue weighted by atomic mass is 9.87. The molecular formula is C13H27NO2. The van der Waals surface area contributed by atoms with Gasteiger partial charge in [0.05, 0.1) is 5.41 Å². The van der Waals surface area contributed by atoms with Crippen LogP contribution >= 0.6 is 0 Å². The molecule has 0 aliphatic carbocycles. The molecule has 16 heavy (non-hydrogen) atoms. The minimum absolute atomic E-state index is 0.575. The van der Waals surface area contributed by atoms with E-state index < -0.39 is 11.4 Å². The molecule has 3 nitrogen and oxygen atoms in total. The number of aliphatic carboxylic acids is 1. The molecule has 0 fully saturated rings. The Morgan fingerprint density at radius 3 is 2.25 bits per heavy atom. The molecule has 0 aromatic heterocycles. The second-order valence-electron chi connectivity index (χ2n) is 5.37. The predicted molar refractivity (Wildman–Crippen MR) is 67.7 cm³/mol. The second-order valence-corrected chi connectivity index (χ2v) is 5.37. The first kappa shape index (κ1) is 15.4. The van der Waals surface area contributed by atoms with Gasteiger partial charge in [-0.15, -0.1) is 0 Å². The molecule has 0 aromatic rings. The average molecular weight is 229 g/mol. The van der Waals surface area contributed by atoms with Crippen molar-refractivity contribution in [2.24, 2.45) is 5.41 Å². The van der Waals surface area contributed by atoms with Gasteiger partial charge in [0.25, 0.3) is 0 Å². The van der Waals surface area contributed by atoms with Gasteiger partial charge in [0.15, 0.2) is 0 Å². The minimum Gasteiger partial charge on any atom is -0.481 e. The molecule has 0 saturated heterocycles. The normalized spacial score (nSPS) is 12.4. The van der Waals surface area contributed by atoms with E-state index in [1.807, 2.05) is 0 Å². The summed E-state index contributed by atoms with van der Waals surface area (Å²) < 4.78 is 0. The van der Waals surface area contributed by atoms with E-state index in [1.165, 1.54) is 0 Å². The van der Waals surface area contributed by atoms with Gasteiger partial charge in [-0.3, -0.25) is 4.79 Å². The van der Waals surface area contributed by atoms with Crippen LogP contribution in [0.4, 0.5) is 0 Å². The zero-order chi connectivity index (χ0) is 12.8. The topological polar surface area (TPSA) is 40.5 Å². The van der Waals surface area contributed by atoms with Gasteiger partial charge in [-0.2, -0.15) is 0 Å². The zero-order valence-electron chi connectivity index (χ0n) is 11.4. The summed E-state index contributed by atoms with van der Waals surface area (Å²) in [7, 11) is 0. The van der Waals surface area contributed by atoms with E-state index in [2.05, 4.69) is 25.7 Å². The summed E-state index contributed by atoms with van der Waals surface area (Å²) in [6.07, 6.45) is 2.84. The van der Waals surface area contributed by atoms with E-state index in [9.17, 15) is 4.79 Å². The first-order valence-electron chi connectivity index (χ1n) is 6.28. The van der Waals surface area contributed by atoms with E-state index in [4.69, 9.17) is 5.11 Å². The van der Waals surface area contributed by atoms with Gasteiger partial charge < -0.3 is 10.0 Å². The third kappa shape index (κ3) is 5.50. The number of carbonyl (C=O) groups is 1. The molecule has 0 bridgehead atoms. The third-order valence-corrected chi connectivity index (χ3v) is 3.21. The minimum atomic E-state index is -0.691. The fraction of sp³-hybridized carbons (Fsp3) is 0.923. The Hall–Kier alpha value is -0.570. The highest BCUT2D eigenvalue weighted by Crippen LogP contribution is 2.23. The molecule has 0 rings (SSSR count). The zero-order valence-corrected chi connectivity index (χ0v) is 11.4. The largest absolute Gasteiger partial charge is 0.481 e. The lowest BCUT2D eigenvalue weighted by molar-refractivity contribution is -0.147. The van der Waals surface area contributed by atoms with Crippen LogP contribution in [0.2, 0.25) is 0 Å². The molecule has 0 aromatic carbocycles. The number of rotatable bonds is 8. The van der Waals surface area contributed by atoms with Crippen LogP contribution in [0, 0.1) is 5.41 Å². The van der Waals surface area contributed by atoms with Crippen LogP contribution in [0.5, 0.6) is 0 Å². The molecule has 3 heteroatoms. The highest BCUT2D eigenvalue weighted by molar-refractivity contribution is 5.73. The summed E-state index contributed by atoms with van der Waals surface area (Å²) >= 11 is 0. The van der Waals surface area contributed by atoms with E-state index in [-0.39, 0.29) is 0 Å². The molecule has 0 aliphatic rings. The van der Waals surface area contributed by atoms with Gasteiger partial charge in [-0.1, -0.05) is 13.3 Å². The lowest BCUT2D eigenvalue weighted by Crippen LogP contribution is -2.31. The maximum Gasteiger partial charge on any atom is 0.309 e. The summed E-state index contributed by atoms with van der Waals surface area (Å²) in [5.74, 6) is -0.691. The summed E-state index contributed by atoms with van der Waals surface area (Å²) in [5.41, 5.74) is -0.575. The van der Waals surface area contributed by atoms with Crippen molar-refractivity contribution in [3.05, 3.63) is 0 Å². The monoisotopic (exact) mass is 229 g/mol. The van der Waals surface area contributed by atoms with Crippen molar-refractivity contribution in [2.45, 2.75) is 59.9 Å². The number of hydrogen-bond donors (Lipinski definition) is 1. The van der Waals surface area contributed by atoms with Crippen molar-refractivity contribution < 1.29 is 9.90 Å². The highest BCUT2D eigenvalue weighted by Gasteiger charge is 2.26. The van der Waals surface area contributed by atoms with Crippen molar-refractivity contribution in [1.29, 1.82) is 0 Å². The molecule has 96 valence electrons. The number of hydrogen-bond acceptors (Lipinski definition) is 2. The standard InChI is InChI=1S/C13H27NO2/c1-6-14(11(2)3)10-8-7-9-13(4,5)12(15)16/h11H,6-10H2,1-5H3,(H,15,16). The average Bonchev–Trinajstić information content (AvgIpc) is 2.16. The maximum absolute atomic E-state index is 10.9. The van der Waals surface area contributed by atoms with Crippen LogP contribution in [0.15, 0.2) is 0 Å². The first-order valence-corrected chi connectivity index (χ1v) is 6.28. The summed E-state index contributed by atoms with van der Waals surface area (Å²) in [6, 6.07) is 0.581. The molecule has 0 spiro atoms. The fourth-order valence-corrected chi connectivity index (χ4v) is 1.77. The predicted octanol–water partition coefficient (Wildman–Crippen LogP) is 3.00. The van der Waals surface area contributed by atoms with Crippen LogP contribution in [0.1, 0.15) is 53.9 Å². The van der Waals surface area contributed by atoms with Crippen LogP contribution in [0.25, 0.3) is 0 Å². The Kier molecular flexibility index (Phi) is 6.65. The molecule has 0 atom stereocenters. The second kappa shape index (κ2) is 6.89. The first-order chi connectivity index (χ1) is 7.31. The molecule has 0 heterocycles. The Morgan fingerprint density at radius 1 is 1.31 bits per heavy atom. The van der Waals surface area contributed by atoms with E-state index >= 15 is 0 Å². The summed E-state index contributed by atoms with van der Waals surface area (Å²) in [6.45, 7) is 12.3. The van der Waals surface area contributed by atoms with E-state index in [1.54, 1.807) is 13.8 Å². The van der Waals surface area contributed by atoms with E-state index in [0.717, 1.165) is 32.4 Å². The van der Waals surface area contributed by atoms with Crippen molar-refractivity contribution in [3.8, 4) is 0 Å². The Labute approximate surface area is 99.8 Å². The molecular weight excluding hydrogens is 202 g/mol. The van der Waals surface area contributed by atoms with Gasteiger partial charge in [0.1, 0.15) is 0 Å². The van der Waals surface area contributed by atoms with Crippen molar-refractivity contribution in [2.75, 3.05) is 13.1 Å². The van der Waals surface area contributed by atoms with Gasteiger partial charge in [0, 0.05) is 6.04 Å². The van der Waals surface area contributed by atoms with E-state index in [0.29, 0.717) is 6.04 Å². The van der Waals surface area contributed by atoms with Crippen LogP contribution in [-0.4, -0.2) is 35.1 Å². The van der Waals surface area contributed by atoms with Crippen molar-refractivity contribution in [1.82, 2.24) is 4.90 Å². The van der Waals surface area contributed by atoms with Crippen LogP contribution < -0.4 is 0 Å².